The number of aryl methyl sites for hydroxylation is 1. The van der Waals surface area contributed by atoms with E-state index in [4.69, 9.17) is 0 Å². The highest BCUT2D eigenvalue weighted by Crippen LogP contribution is 2.47. The predicted molar refractivity (Wildman–Crippen MR) is 131 cm³/mol. The molecule has 0 radical (unpaired) electrons. The second kappa shape index (κ2) is 9.62. The zero-order valence-corrected chi connectivity index (χ0v) is 20.1. The van der Waals surface area contributed by atoms with Gasteiger partial charge in [0.25, 0.3) is 0 Å². The summed E-state index contributed by atoms with van der Waals surface area (Å²) in [5.41, 5.74) is 3.02. The minimum absolute atomic E-state index is 0.0675. The van der Waals surface area contributed by atoms with Gasteiger partial charge in [-0.15, -0.1) is 11.3 Å². The van der Waals surface area contributed by atoms with Crippen molar-refractivity contribution in [1.82, 2.24) is 15.6 Å². The van der Waals surface area contributed by atoms with Crippen molar-refractivity contribution < 1.29 is 18.0 Å². The van der Waals surface area contributed by atoms with Gasteiger partial charge in [0.1, 0.15) is 5.01 Å². The average molecular weight is 501 g/mol. The van der Waals surface area contributed by atoms with Crippen LogP contribution in [0.15, 0.2) is 48.5 Å². The molecule has 1 unspecified atom stereocenters. The summed E-state index contributed by atoms with van der Waals surface area (Å²) in [5, 5.41) is 10.5. The number of carbonyl (C=O) groups excluding carboxylic acids is 1. The number of anilines is 1. The van der Waals surface area contributed by atoms with Crippen LogP contribution in [0.2, 0.25) is 0 Å². The lowest BCUT2D eigenvalue weighted by atomic mass is 10.1. The molecule has 1 aromatic heterocycles. The summed E-state index contributed by atoms with van der Waals surface area (Å²) >= 11 is 1.48. The van der Waals surface area contributed by atoms with E-state index < -0.39 is 11.7 Å². The van der Waals surface area contributed by atoms with Crippen LogP contribution in [-0.4, -0.2) is 30.0 Å². The molecule has 1 aliphatic carbocycles. The highest BCUT2D eigenvalue weighted by Gasteiger charge is 2.44. The third kappa shape index (κ3) is 5.51. The summed E-state index contributed by atoms with van der Waals surface area (Å²) in [7, 11) is 0. The minimum Gasteiger partial charge on any atom is -0.380 e. The van der Waals surface area contributed by atoms with E-state index in [2.05, 4.69) is 33.1 Å². The van der Waals surface area contributed by atoms with E-state index in [9.17, 15) is 18.0 Å². The summed E-state index contributed by atoms with van der Waals surface area (Å²) in [6.07, 6.45) is -2.46. The standard InChI is InChI=1S/C26H27F3N4OS/c1-15-23(35-25(32-15)17-2-6-18(7-3-17)26(27,28)29)14-31-19-8-4-16(5-9-19)21-12-22(21)24(34)33-20-10-11-30-13-20/h2-9,20-22,30-31H,10-14H2,1H3,(H,33,34)/t20?,21-,22+/m1/s1. The second-order valence-electron chi connectivity index (χ2n) is 9.23. The fraction of sp³-hybridized carbons (Fsp3) is 0.385. The van der Waals surface area contributed by atoms with Crippen molar-refractivity contribution in [2.24, 2.45) is 5.92 Å². The molecular formula is C26H27F3N4OS. The van der Waals surface area contributed by atoms with Crippen LogP contribution >= 0.6 is 11.3 Å². The van der Waals surface area contributed by atoms with Crippen molar-refractivity contribution in [2.75, 3.05) is 18.4 Å². The predicted octanol–water partition coefficient (Wildman–Crippen LogP) is 5.33. The Morgan fingerprint density at radius 3 is 2.54 bits per heavy atom. The van der Waals surface area contributed by atoms with Crippen molar-refractivity contribution >= 4 is 22.9 Å². The molecule has 3 N–H and O–H groups in total. The molecule has 0 spiro atoms. The van der Waals surface area contributed by atoms with E-state index >= 15 is 0 Å². The molecule has 2 aromatic carbocycles. The first-order chi connectivity index (χ1) is 16.8. The van der Waals surface area contributed by atoms with Crippen molar-refractivity contribution in [3.63, 3.8) is 0 Å². The van der Waals surface area contributed by atoms with Crippen molar-refractivity contribution in [3.8, 4) is 10.6 Å². The molecule has 184 valence electrons. The zero-order chi connectivity index (χ0) is 24.6. The first kappa shape index (κ1) is 23.8. The molecule has 5 rings (SSSR count). The van der Waals surface area contributed by atoms with Gasteiger partial charge in [0.2, 0.25) is 5.91 Å². The summed E-state index contributed by atoms with van der Waals surface area (Å²) in [4.78, 5) is 18.0. The number of carbonyl (C=O) groups is 1. The van der Waals surface area contributed by atoms with Gasteiger partial charge in [-0.1, -0.05) is 24.3 Å². The lowest BCUT2D eigenvalue weighted by Gasteiger charge is -2.11. The van der Waals surface area contributed by atoms with E-state index in [1.54, 1.807) is 0 Å². The van der Waals surface area contributed by atoms with Gasteiger partial charge >= 0.3 is 6.18 Å². The van der Waals surface area contributed by atoms with Gasteiger partial charge in [-0.2, -0.15) is 13.2 Å². The third-order valence-electron chi connectivity index (χ3n) is 6.68. The molecular weight excluding hydrogens is 473 g/mol. The first-order valence-corrected chi connectivity index (χ1v) is 12.6. The molecule has 3 atom stereocenters. The Bertz CT molecular complexity index is 1180. The summed E-state index contributed by atoms with van der Waals surface area (Å²) in [5.74, 6) is 0.515. The van der Waals surface area contributed by atoms with Crippen LogP contribution in [0, 0.1) is 12.8 Å². The number of rotatable bonds is 7. The number of hydrogen-bond donors (Lipinski definition) is 3. The number of thiazole rings is 1. The Morgan fingerprint density at radius 2 is 1.89 bits per heavy atom. The fourth-order valence-corrected chi connectivity index (χ4v) is 5.49. The Labute approximate surface area is 206 Å². The number of benzene rings is 2. The Hall–Kier alpha value is -2.91. The molecule has 1 saturated carbocycles. The summed E-state index contributed by atoms with van der Waals surface area (Å²) in [6.45, 7) is 4.30. The van der Waals surface area contributed by atoms with E-state index in [0.717, 1.165) is 54.3 Å². The van der Waals surface area contributed by atoms with Crippen LogP contribution in [0.25, 0.3) is 10.6 Å². The fourth-order valence-electron chi connectivity index (χ4n) is 4.49. The molecule has 9 heteroatoms. The van der Waals surface area contributed by atoms with Gasteiger partial charge in [0.05, 0.1) is 17.8 Å². The molecule has 5 nitrogen and oxygen atoms in total. The molecule has 2 aliphatic rings. The van der Waals surface area contributed by atoms with Crippen molar-refractivity contribution in [2.45, 2.75) is 44.4 Å². The quantitative estimate of drug-likeness (QED) is 0.410. The number of nitrogens with one attached hydrogen (secondary N) is 3. The largest absolute Gasteiger partial charge is 0.416 e. The van der Waals surface area contributed by atoms with E-state index in [1.807, 2.05) is 19.1 Å². The van der Waals surface area contributed by atoms with E-state index in [-0.39, 0.29) is 23.8 Å². The lowest BCUT2D eigenvalue weighted by molar-refractivity contribution is -0.137. The van der Waals surface area contributed by atoms with Gasteiger partial charge in [-0.3, -0.25) is 4.79 Å². The maximum absolute atomic E-state index is 12.8. The Morgan fingerprint density at radius 1 is 1.14 bits per heavy atom. The van der Waals surface area contributed by atoms with Crippen LogP contribution in [0.3, 0.4) is 0 Å². The summed E-state index contributed by atoms with van der Waals surface area (Å²) in [6, 6.07) is 13.6. The Kier molecular flexibility index (Phi) is 6.55. The molecule has 0 bridgehead atoms. The van der Waals surface area contributed by atoms with Crippen LogP contribution in [0.5, 0.6) is 0 Å². The smallest absolute Gasteiger partial charge is 0.380 e. The molecule has 1 saturated heterocycles. The van der Waals surface area contributed by atoms with Crippen LogP contribution in [0.1, 0.15) is 40.5 Å². The number of amides is 1. The number of hydrogen-bond acceptors (Lipinski definition) is 5. The maximum Gasteiger partial charge on any atom is 0.416 e. The normalized spacial score (nSPS) is 21.7. The highest BCUT2D eigenvalue weighted by molar-refractivity contribution is 7.15. The van der Waals surface area contributed by atoms with Crippen molar-refractivity contribution in [3.05, 3.63) is 70.2 Å². The molecule has 35 heavy (non-hydrogen) atoms. The van der Waals surface area contributed by atoms with Gasteiger partial charge in [0.15, 0.2) is 0 Å². The summed E-state index contributed by atoms with van der Waals surface area (Å²) < 4.78 is 38.4. The van der Waals surface area contributed by atoms with E-state index in [0.29, 0.717) is 17.1 Å². The average Bonchev–Trinajstić information content (AvgIpc) is 3.32. The number of nitrogens with zero attached hydrogens (tertiary/aromatic N) is 1. The third-order valence-corrected chi connectivity index (χ3v) is 7.88. The van der Waals surface area contributed by atoms with Gasteiger partial charge in [-0.25, -0.2) is 4.98 Å². The highest BCUT2D eigenvalue weighted by atomic mass is 32.1. The number of halogens is 3. The van der Waals surface area contributed by atoms with Crippen LogP contribution < -0.4 is 16.0 Å². The van der Waals surface area contributed by atoms with E-state index in [1.165, 1.54) is 29.0 Å². The van der Waals surface area contributed by atoms with Gasteiger partial charge in [0, 0.05) is 34.6 Å². The minimum atomic E-state index is -4.35. The number of alkyl halides is 3. The molecule has 3 aromatic rings. The SMILES string of the molecule is Cc1nc(-c2ccc(C(F)(F)F)cc2)sc1CNc1ccc([C@H]2C[C@@H]2C(=O)NC2CCNC2)cc1. The molecule has 1 aliphatic heterocycles. The zero-order valence-electron chi connectivity index (χ0n) is 19.3. The monoisotopic (exact) mass is 500 g/mol. The second-order valence-corrected chi connectivity index (χ2v) is 10.3. The first-order valence-electron chi connectivity index (χ1n) is 11.8. The molecule has 1 amide bonds. The van der Waals surface area contributed by atoms with Crippen LogP contribution in [-0.2, 0) is 17.5 Å². The van der Waals surface area contributed by atoms with Gasteiger partial charge in [-0.05, 0) is 62.1 Å². The lowest BCUT2D eigenvalue weighted by Crippen LogP contribution is -2.37. The van der Waals surface area contributed by atoms with Crippen LogP contribution in [0.4, 0.5) is 18.9 Å². The topological polar surface area (TPSA) is 66.0 Å². The maximum atomic E-state index is 12.8. The van der Waals surface area contributed by atoms with Gasteiger partial charge < -0.3 is 16.0 Å². The Balaban J connectivity index is 1.16. The number of aromatic nitrogens is 1. The molecule has 2 fully saturated rings. The molecule has 2 heterocycles. The van der Waals surface area contributed by atoms with Crippen molar-refractivity contribution in [1.29, 1.82) is 0 Å².